The summed E-state index contributed by atoms with van der Waals surface area (Å²) in [6.07, 6.45) is 0.122. The van der Waals surface area contributed by atoms with Gasteiger partial charge in [0, 0.05) is 12.2 Å². The van der Waals surface area contributed by atoms with Gasteiger partial charge in [-0.15, -0.1) is 0 Å². The molecular weight excluding hydrogens is 274 g/mol. The van der Waals surface area contributed by atoms with Gasteiger partial charge >= 0.3 is 0 Å². The standard InChI is InChI=1S/C19H25NO2/c1-13(2)22-19-11-16(7-9-18(19)21-5)12-20-17-8-6-14(3)10-15(17)4/h6-11,13,20H,12H2,1-5H3. The van der Waals surface area contributed by atoms with Gasteiger partial charge in [0.1, 0.15) is 0 Å². The van der Waals surface area contributed by atoms with Crippen LogP contribution in [0.2, 0.25) is 0 Å². The van der Waals surface area contributed by atoms with E-state index in [1.165, 1.54) is 11.1 Å². The molecule has 2 aromatic carbocycles. The molecule has 2 aromatic rings. The molecule has 0 bridgehead atoms. The van der Waals surface area contributed by atoms with E-state index < -0.39 is 0 Å². The van der Waals surface area contributed by atoms with E-state index in [-0.39, 0.29) is 6.10 Å². The molecule has 0 saturated carbocycles. The van der Waals surface area contributed by atoms with Gasteiger partial charge in [-0.05, 0) is 57.0 Å². The van der Waals surface area contributed by atoms with Crippen molar-refractivity contribution in [2.45, 2.75) is 40.3 Å². The second-order valence-electron chi connectivity index (χ2n) is 5.82. The molecule has 0 amide bonds. The molecule has 0 aliphatic carbocycles. The minimum atomic E-state index is 0.122. The van der Waals surface area contributed by atoms with Crippen LogP contribution in [0.3, 0.4) is 0 Å². The van der Waals surface area contributed by atoms with Crippen LogP contribution in [0.15, 0.2) is 36.4 Å². The number of nitrogens with one attached hydrogen (secondary N) is 1. The maximum Gasteiger partial charge on any atom is 0.161 e. The summed E-state index contributed by atoms with van der Waals surface area (Å²) in [4.78, 5) is 0. The normalized spacial score (nSPS) is 10.6. The first-order valence-electron chi connectivity index (χ1n) is 7.64. The lowest BCUT2D eigenvalue weighted by Crippen LogP contribution is -2.08. The number of hydrogen-bond donors (Lipinski definition) is 1. The fourth-order valence-corrected chi connectivity index (χ4v) is 2.39. The number of ether oxygens (including phenoxy) is 2. The third kappa shape index (κ3) is 4.17. The van der Waals surface area contributed by atoms with Crippen molar-refractivity contribution in [2.24, 2.45) is 0 Å². The van der Waals surface area contributed by atoms with Gasteiger partial charge in [-0.2, -0.15) is 0 Å². The summed E-state index contributed by atoms with van der Waals surface area (Å²) in [5.41, 5.74) is 4.86. The summed E-state index contributed by atoms with van der Waals surface area (Å²) in [6, 6.07) is 12.5. The van der Waals surface area contributed by atoms with Crippen molar-refractivity contribution in [3.63, 3.8) is 0 Å². The molecule has 0 unspecified atom stereocenters. The van der Waals surface area contributed by atoms with Crippen LogP contribution in [-0.4, -0.2) is 13.2 Å². The summed E-state index contributed by atoms with van der Waals surface area (Å²) in [5, 5.41) is 3.48. The third-order valence-corrected chi connectivity index (χ3v) is 3.46. The molecule has 118 valence electrons. The molecule has 0 aliphatic rings. The molecule has 0 saturated heterocycles. The van der Waals surface area contributed by atoms with Crippen LogP contribution in [0, 0.1) is 13.8 Å². The van der Waals surface area contributed by atoms with Crippen molar-refractivity contribution in [3.05, 3.63) is 53.1 Å². The van der Waals surface area contributed by atoms with E-state index in [4.69, 9.17) is 9.47 Å². The number of methoxy groups -OCH3 is 1. The van der Waals surface area contributed by atoms with E-state index in [0.717, 1.165) is 29.3 Å². The summed E-state index contributed by atoms with van der Waals surface area (Å²) >= 11 is 0. The van der Waals surface area contributed by atoms with Crippen LogP contribution >= 0.6 is 0 Å². The highest BCUT2D eigenvalue weighted by atomic mass is 16.5. The van der Waals surface area contributed by atoms with E-state index >= 15 is 0 Å². The largest absolute Gasteiger partial charge is 0.493 e. The predicted octanol–water partition coefficient (Wildman–Crippen LogP) is 4.71. The zero-order valence-electron chi connectivity index (χ0n) is 14.1. The molecule has 0 fully saturated rings. The minimum Gasteiger partial charge on any atom is -0.493 e. The first-order chi connectivity index (χ1) is 10.5. The Labute approximate surface area is 133 Å². The highest BCUT2D eigenvalue weighted by Gasteiger charge is 2.08. The van der Waals surface area contributed by atoms with Crippen molar-refractivity contribution in [1.82, 2.24) is 0 Å². The second-order valence-corrected chi connectivity index (χ2v) is 5.82. The van der Waals surface area contributed by atoms with Gasteiger partial charge in [-0.25, -0.2) is 0 Å². The summed E-state index contributed by atoms with van der Waals surface area (Å²) in [6.45, 7) is 9.01. The number of anilines is 1. The number of hydrogen-bond acceptors (Lipinski definition) is 3. The van der Waals surface area contributed by atoms with Crippen LogP contribution in [0.4, 0.5) is 5.69 Å². The van der Waals surface area contributed by atoms with Crippen LogP contribution < -0.4 is 14.8 Å². The Balaban J connectivity index is 2.12. The van der Waals surface area contributed by atoms with E-state index in [1.807, 2.05) is 26.0 Å². The van der Waals surface area contributed by atoms with Gasteiger partial charge in [-0.3, -0.25) is 0 Å². The lowest BCUT2D eigenvalue weighted by Gasteiger charge is -2.16. The smallest absolute Gasteiger partial charge is 0.161 e. The molecule has 0 heterocycles. The zero-order valence-corrected chi connectivity index (χ0v) is 14.1. The molecule has 0 aromatic heterocycles. The first kappa shape index (κ1) is 16.2. The highest BCUT2D eigenvalue weighted by molar-refractivity contribution is 5.53. The van der Waals surface area contributed by atoms with E-state index in [2.05, 4.69) is 43.4 Å². The first-order valence-corrected chi connectivity index (χ1v) is 7.64. The SMILES string of the molecule is COc1ccc(CNc2ccc(C)cc2C)cc1OC(C)C. The van der Waals surface area contributed by atoms with Gasteiger partial charge in [0.25, 0.3) is 0 Å². The van der Waals surface area contributed by atoms with Gasteiger partial charge in [0.2, 0.25) is 0 Å². The molecule has 0 aliphatic heterocycles. The Hall–Kier alpha value is -2.16. The Bertz CT molecular complexity index is 635. The van der Waals surface area contributed by atoms with E-state index in [0.29, 0.717) is 0 Å². The van der Waals surface area contributed by atoms with E-state index in [1.54, 1.807) is 7.11 Å². The molecule has 22 heavy (non-hydrogen) atoms. The van der Waals surface area contributed by atoms with Crippen molar-refractivity contribution >= 4 is 5.69 Å². The lowest BCUT2D eigenvalue weighted by molar-refractivity contribution is 0.230. The van der Waals surface area contributed by atoms with Crippen LogP contribution in [-0.2, 0) is 6.54 Å². The van der Waals surface area contributed by atoms with Crippen LogP contribution in [0.25, 0.3) is 0 Å². The average molecular weight is 299 g/mol. The van der Waals surface area contributed by atoms with Crippen molar-refractivity contribution in [1.29, 1.82) is 0 Å². The maximum absolute atomic E-state index is 5.82. The quantitative estimate of drug-likeness (QED) is 0.838. The molecule has 0 spiro atoms. The second kappa shape index (κ2) is 7.21. The van der Waals surface area contributed by atoms with Crippen LogP contribution in [0.5, 0.6) is 11.5 Å². The molecule has 0 radical (unpaired) electrons. The van der Waals surface area contributed by atoms with Crippen molar-refractivity contribution in [3.8, 4) is 11.5 Å². The summed E-state index contributed by atoms with van der Waals surface area (Å²) < 4.78 is 11.2. The highest BCUT2D eigenvalue weighted by Crippen LogP contribution is 2.29. The Kier molecular flexibility index (Phi) is 5.31. The molecule has 3 heteroatoms. The van der Waals surface area contributed by atoms with Crippen molar-refractivity contribution < 1.29 is 9.47 Å². The number of aryl methyl sites for hydroxylation is 2. The monoisotopic (exact) mass is 299 g/mol. The van der Waals surface area contributed by atoms with E-state index in [9.17, 15) is 0 Å². The fourth-order valence-electron chi connectivity index (χ4n) is 2.39. The zero-order chi connectivity index (χ0) is 16.1. The lowest BCUT2D eigenvalue weighted by atomic mass is 10.1. The number of benzene rings is 2. The van der Waals surface area contributed by atoms with Crippen molar-refractivity contribution in [2.75, 3.05) is 12.4 Å². The molecule has 0 atom stereocenters. The Morgan fingerprint density at radius 3 is 2.41 bits per heavy atom. The van der Waals surface area contributed by atoms with Gasteiger partial charge < -0.3 is 14.8 Å². The minimum absolute atomic E-state index is 0.122. The fraction of sp³-hybridized carbons (Fsp3) is 0.368. The molecular formula is C19H25NO2. The van der Waals surface area contributed by atoms with Gasteiger partial charge in [0.05, 0.1) is 13.2 Å². The molecule has 3 nitrogen and oxygen atoms in total. The molecule has 1 N–H and O–H groups in total. The third-order valence-electron chi connectivity index (χ3n) is 3.46. The molecule has 2 rings (SSSR count). The summed E-state index contributed by atoms with van der Waals surface area (Å²) in [7, 11) is 1.66. The van der Waals surface area contributed by atoms with Crippen LogP contribution in [0.1, 0.15) is 30.5 Å². The summed E-state index contributed by atoms with van der Waals surface area (Å²) in [5.74, 6) is 1.56. The van der Waals surface area contributed by atoms with Gasteiger partial charge in [-0.1, -0.05) is 23.8 Å². The number of rotatable bonds is 6. The van der Waals surface area contributed by atoms with Gasteiger partial charge in [0.15, 0.2) is 11.5 Å². The maximum atomic E-state index is 5.82. The Morgan fingerprint density at radius 2 is 1.77 bits per heavy atom. The predicted molar refractivity (Wildman–Crippen MR) is 92.0 cm³/mol. The topological polar surface area (TPSA) is 30.5 Å². The Morgan fingerprint density at radius 1 is 1.00 bits per heavy atom. The average Bonchev–Trinajstić information content (AvgIpc) is 2.46.